The lowest BCUT2D eigenvalue weighted by molar-refractivity contribution is 0.263. The van der Waals surface area contributed by atoms with E-state index in [4.69, 9.17) is 14.9 Å². The molecule has 2 heterocycles. The fourth-order valence-electron chi connectivity index (χ4n) is 1.92. The van der Waals surface area contributed by atoms with Gasteiger partial charge in [0, 0.05) is 6.54 Å². The maximum Gasteiger partial charge on any atom is 0.239 e. The highest BCUT2D eigenvalue weighted by molar-refractivity contribution is 5.54. The molecule has 0 saturated heterocycles. The van der Waals surface area contributed by atoms with Gasteiger partial charge in [-0.05, 0) is 37.1 Å². The molecule has 0 aromatic carbocycles. The predicted octanol–water partition coefficient (Wildman–Crippen LogP) is 3.32. The molecule has 0 amide bonds. The van der Waals surface area contributed by atoms with Crippen LogP contribution in [-0.2, 0) is 6.54 Å². The summed E-state index contributed by atoms with van der Waals surface area (Å²) in [6.07, 6.45) is 1.68. The first-order valence-corrected chi connectivity index (χ1v) is 7.26. The number of nitrogen functional groups attached to an aromatic ring is 1. The second-order valence-corrected chi connectivity index (χ2v) is 5.36. The zero-order chi connectivity index (χ0) is 15.2. The minimum absolute atomic E-state index is 0.431. The SMILES string of the molecule is CCN(Cc1ccco1)c1ccc(N)c(OCC(C)C)n1. The summed E-state index contributed by atoms with van der Waals surface area (Å²) in [5.74, 6) is 2.67. The van der Waals surface area contributed by atoms with E-state index in [1.165, 1.54) is 0 Å². The highest BCUT2D eigenvalue weighted by Crippen LogP contribution is 2.24. The molecule has 5 heteroatoms. The summed E-state index contributed by atoms with van der Waals surface area (Å²) >= 11 is 0. The molecule has 21 heavy (non-hydrogen) atoms. The molecule has 2 rings (SSSR count). The molecule has 2 aromatic rings. The molecule has 0 spiro atoms. The first kappa shape index (κ1) is 15.2. The van der Waals surface area contributed by atoms with Crippen LogP contribution in [0.5, 0.6) is 5.88 Å². The topological polar surface area (TPSA) is 64.5 Å². The van der Waals surface area contributed by atoms with Gasteiger partial charge in [-0.1, -0.05) is 13.8 Å². The third-order valence-electron chi connectivity index (χ3n) is 3.06. The number of rotatable bonds is 7. The van der Waals surface area contributed by atoms with Crippen LogP contribution in [0, 0.1) is 5.92 Å². The van der Waals surface area contributed by atoms with Crippen LogP contribution in [-0.4, -0.2) is 18.1 Å². The second kappa shape index (κ2) is 7.02. The van der Waals surface area contributed by atoms with Gasteiger partial charge in [-0.3, -0.25) is 0 Å². The Hall–Kier alpha value is -2.17. The summed E-state index contributed by atoms with van der Waals surface area (Å²) in [5, 5.41) is 0. The average Bonchev–Trinajstić information content (AvgIpc) is 2.97. The van der Waals surface area contributed by atoms with E-state index in [1.807, 2.05) is 24.3 Å². The molecule has 0 aliphatic rings. The summed E-state index contributed by atoms with van der Waals surface area (Å²) in [7, 11) is 0. The predicted molar refractivity (Wildman–Crippen MR) is 84.4 cm³/mol. The fraction of sp³-hybridized carbons (Fsp3) is 0.438. The molecule has 0 saturated carbocycles. The second-order valence-electron chi connectivity index (χ2n) is 5.36. The molecule has 0 radical (unpaired) electrons. The van der Waals surface area contributed by atoms with Gasteiger partial charge < -0.3 is 19.8 Å². The lowest BCUT2D eigenvalue weighted by Crippen LogP contribution is -2.23. The van der Waals surface area contributed by atoms with Gasteiger partial charge in [-0.25, -0.2) is 0 Å². The van der Waals surface area contributed by atoms with Crippen molar-refractivity contribution in [3.05, 3.63) is 36.3 Å². The zero-order valence-electron chi connectivity index (χ0n) is 12.9. The molecule has 0 fully saturated rings. The van der Waals surface area contributed by atoms with Crippen molar-refractivity contribution in [1.82, 2.24) is 4.98 Å². The van der Waals surface area contributed by atoms with Crippen LogP contribution in [0.4, 0.5) is 11.5 Å². The highest BCUT2D eigenvalue weighted by atomic mass is 16.5. The highest BCUT2D eigenvalue weighted by Gasteiger charge is 2.12. The van der Waals surface area contributed by atoms with Crippen LogP contribution in [0.25, 0.3) is 0 Å². The molecule has 0 aliphatic carbocycles. The largest absolute Gasteiger partial charge is 0.476 e. The Morgan fingerprint density at radius 1 is 1.33 bits per heavy atom. The molecule has 2 N–H and O–H groups in total. The van der Waals surface area contributed by atoms with Crippen LogP contribution in [0.2, 0.25) is 0 Å². The van der Waals surface area contributed by atoms with E-state index in [1.54, 1.807) is 6.26 Å². The van der Waals surface area contributed by atoms with E-state index < -0.39 is 0 Å². The third kappa shape index (κ3) is 4.15. The number of nitrogens with two attached hydrogens (primary N) is 1. The first-order valence-electron chi connectivity index (χ1n) is 7.26. The normalized spacial score (nSPS) is 10.9. The number of pyridine rings is 1. The molecule has 0 unspecified atom stereocenters. The number of furan rings is 1. The van der Waals surface area contributed by atoms with Crippen LogP contribution in [0.1, 0.15) is 26.5 Å². The fourth-order valence-corrected chi connectivity index (χ4v) is 1.92. The van der Waals surface area contributed by atoms with Crippen LogP contribution >= 0.6 is 0 Å². The van der Waals surface area contributed by atoms with Gasteiger partial charge in [0.2, 0.25) is 5.88 Å². The Labute approximate surface area is 125 Å². The van der Waals surface area contributed by atoms with E-state index >= 15 is 0 Å². The number of anilines is 2. The molecule has 0 aliphatic heterocycles. The lowest BCUT2D eigenvalue weighted by atomic mass is 10.2. The Bertz CT molecular complexity index is 553. The minimum Gasteiger partial charge on any atom is -0.476 e. The van der Waals surface area contributed by atoms with E-state index in [0.717, 1.165) is 18.1 Å². The first-order chi connectivity index (χ1) is 10.1. The van der Waals surface area contributed by atoms with Crippen molar-refractivity contribution in [3.63, 3.8) is 0 Å². The van der Waals surface area contributed by atoms with Crippen molar-refractivity contribution >= 4 is 11.5 Å². The third-order valence-corrected chi connectivity index (χ3v) is 3.06. The van der Waals surface area contributed by atoms with Crippen molar-refractivity contribution in [2.75, 3.05) is 23.8 Å². The van der Waals surface area contributed by atoms with E-state index in [2.05, 4.69) is 30.7 Å². The summed E-state index contributed by atoms with van der Waals surface area (Å²) < 4.78 is 11.1. The van der Waals surface area contributed by atoms with E-state index in [9.17, 15) is 0 Å². The number of ether oxygens (including phenoxy) is 1. The van der Waals surface area contributed by atoms with Crippen molar-refractivity contribution in [3.8, 4) is 5.88 Å². The van der Waals surface area contributed by atoms with Gasteiger partial charge in [0.25, 0.3) is 0 Å². The monoisotopic (exact) mass is 289 g/mol. The van der Waals surface area contributed by atoms with Crippen LogP contribution in [0.3, 0.4) is 0 Å². The smallest absolute Gasteiger partial charge is 0.239 e. The van der Waals surface area contributed by atoms with Crippen LogP contribution in [0.15, 0.2) is 34.9 Å². The van der Waals surface area contributed by atoms with Gasteiger partial charge >= 0.3 is 0 Å². The van der Waals surface area contributed by atoms with Crippen molar-refractivity contribution in [2.24, 2.45) is 5.92 Å². The number of hydrogen-bond acceptors (Lipinski definition) is 5. The minimum atomic E-state index is 0.431. The molecule has 5 nitrogen and oxygen atoms in total. The Morgan fingerprint density at radius 2 is 2.14 bits per heavy atom. The Kier molecular flexibility index (Phi) is 5.09. The van der Waals surface area contributed by atoms with Gasteiger partial charge in [0.05, 0.1) is 25.1 Å². The summed E-state index contributed by atoms with van der Waals surface area (Å²) in [6.45, 7) is 8.36. The van der Waals surface area contributed by atoms with Crippen molar-refractivity contribution in [1.29, 1.82) is 0 Å². The molecular weight excluding hydrogens is 266 g/mol. The summed E-state index contributed by atoms with van der Waals surface area (Å²) in [6, 6.07) is 7.58. The zero-order valence-corrected chi connectivity index (χ0v) is 12.9. The maximum absolute atomic E-state index is 5.93. The summed E-state index contributed by atoms with van der Waals surface area (Å²) in [4.78, 5) is 6.64. The van der Waals surface area contributed by atoms with Crippen molar-refractivity contribution < 1.29 is 9.15 Å². The quantitative estimate of drug-likeness (QED) is 0.847. The van der Waals surface area contributed by atoms with E-state index in [-0.39, 0.29) is 0 Å². The average molecular weight is 289 g/mol. The number of hydrogen-bond donors (Lipinski definition) is 1. The molecular formula is C16H23N3O2. The Morgan fingerprint density at radius 3 is 2.76 bits per heavy atom. The van der Waals surface area contributed by atoms with E-state index in [0.29, 0.717) is 30.6 Å². The Balaban J connectivity index is 2.15. The standard InChI is InChI=1S/C16H23N3O2/c1-4-19(10-13-6-5-9-20-13)15-8-7-14(17)16(18-15)21-11-12(2)3/h5-9,12H,4,10-11,17H2,1-3H3. The van der Waals surface area contributed by atoms with Crippen molar-refractivity contribution in [2.45, 2.75) is 27.3 Å². The molecule has 0 bridgehead atoms. The van der Waals surface area contributed by atoms with Gasteiger partial charge in [0.15, 0.2) is 0 Å². The molecule has 0 atom stereocenters. The van der Waals surface area contributed by atoms with Crippen LogP contribution < -0.4 is 15.4 Å². The maximum atomic E-state index is 5.93. The van der Waals surface area contributed by atoms with Gasteiger partial charge in [0.1, 0.15) is 11.6 Å². The molecule has 114 valence electrons. The summed E-state index contributed by atoms with van der Waals surface area (Å²) in [5.41, 5.74) is 6.49. The number of aromatic nitrogens is 1. The number of nitrogens with zero attached hydrogens (tertiary/aromatic N) is 2. The van der Waals surface area contributed by atoms with Gasteiger partial charge in [-0.2, -0.15) is 4.98 Å². The molecule has 2 aromatic heterocycles. The van der Waals surface area contributed by atoms with Gasteiger partial charge in [-0.15, -0.1) is 0 Å². The lowest BCUT2D eigenvalue weighted by Gasteiger charge is -2.22.